The quantitative estimate of drug-likeness (QED) is 0.0708. The highest BCUT2D eigenvalue weighted by Crippen LogP contribution is 2.49. The van der Waals surface area contributed by atoms with Crippen molar-refractivity contribution >= 4 is 40.7 Å². The maximum Gasteiger partial charge on any atom is 0.419 e. The minimum absolute atomic E-state index is 0.00365. The number of carbonyl (C=O) groups is 3. The van der Waals surface area contributed by atoms with E-state index in [1.165, 1.54) is 83.5 Å². The van der Waals surface area contributed by atoms with Gasteiger partial charge in [-0.1, -0.05) is 117 Å². The van der Waals surface area contributed by atoms with Crippen LogP contribution in [-0.2, 0) is 14.3 Å². The molecule has 2 aromatic rings. The van der Waals surface area contributed by atoms with Gasteiger partial charge in [0.2, 0.25) is 11.8 Å². The fourth-order valence-corrected chi connectivity index (χ4v) is 8.12. The summed E-state index contributed by atoms with van der Waals surface area (Å²) in [6, 6.07) is 11.4. The zero-order valence-corrected chi connectivity index (χ0v) is 38.9. The highest BCUT2D eigenvalue weighted by molar-refractivity contribution is 6.01. The summed E-state index contributed by atoms with van der Waals surface area (Å²) >= 11 is 0. The number of anilines is 4. The van der Waals surface area contributed by atoms with Gasteiger partial charge in [0.05, 0.1) is 18.0 Å². The van der Waals surface area contributed by atoms with Crippen LogP contribution in [0.3, 0.4) is 0 Å². The van der Waals surface area contributed by atoms with Crippen LogP contribution >= 0.6 is 0 Å². The number of nitrogens with one attached hydrogen (secondary N) is 2. The third-order valence-electron chi connectivity index (χ3n) is 11.9. The molecule has 10 heteroatoms. The second-order valence-corrected chi connectivity index (χ2v) is 16.9. The monoisotopic (exact) mass is 834 g/mol. The molecule has 0 fully saturated rings. The Morgan fingerprint density at radius 3 is 1.53 bits per heavy atom. The van der Waals surface area contributed by atoms with Crippen LogP contribution in [-0.4, -0.2) is 63.3 Å². The Labute approximate surface area is 364 Å². The Balaban J connectivity index is 1.33. The van der Waals surface area contributed by atoms with Gasteiger partial charge in [0.1, 0.15) is 6.04 Å². The molecular weight excluding hydrogens is 751 g/mol. The van der Waals surface area contributed by atoms with Gasteiger partial charge in [-0.15, -0.1) is 0 Å². The minimum Gasteiger partial charge on any atom is -0.453 e. The maximum atomic E-state index is 13.7. The minimum atomic E-state index is -0.531. The summed E-state index contributed by atoms with van der Waals surface area (Å²) in [5.74, 6) is 1.10. The number of unbranched alkanes of at least 4 members (excludes halogenated alkanes) is 17. The van der Waals surface area contributed by atoms with Crippen molar-refractivity contribution in [2.45, 2.75) is 183 Å². The molecule has 0 saturated heterocycles. The normalized spacial score (nSPS) is 12.4. The lowest BCUT2D eigenvalue weighted by atomic mass is 10.0. The number of nitrogens with zero attached hydrogens (tertiary/aromatic N) is 3. The topological polar surface area (TPSA) is 103 Å². The molecule has 1 heterocycles. The Kier molecular flexibility index (Phi) is 24.6. The smallest absolute Gasteiger partial charge is 0.419 e. The molecule has 0 saturated carbocycles. The molecule has 60 heavy (non-hydrogen) atoms. The Hall–Kier alpha value is -3.95. The highest BCUT2D eigenvalue weighted by atomic mass is 16.6. The molecule has 3 rings (SSSR count). The van der Waals surface area contributed by atoms with Crippen LogP contribution in [0.4, 0.5) is 27.5 Å². The molecule has 10 nitrogen and oxygen atoms in total. The van der Waals surface area contributed by atoms with Gasteiger partial charge in [-0.25, -0.2) is 9.69 Å². The molecule has 3 amide bonds. The van der Waals surface area contributed by atoms with Gasteiger partial charge < -0.3 is 29.9 Å². The number of hydrogen-bond acceptors (Lipinski definition) is 7. The van der Waals surface area contributed by atoms with E-state index in [2.05, 4.69) is 55.1 Å². The van der Waals surface area contributed by atoms with Crippen molar-refractivity contribution in [3.8, 4) is 11.5 Å². The zero-order chi connectivity index (χ0) is 43.5. The molecule has 2 aromatic carbocycles. The summed E-state index contributed by atoms with van der Waals surface area (Å²) < 4.78 is 12.3. The van der Waals surface area contributed by atoms with Crippen LogP contribution in [0.2, 0.25) is 0 Å². The predicted octanol–water partition coefficient (Wildman–Crippen LogP) is 12.8. The van der Waals surface area contributed by atoms with Crippen molar-refractivity contribution < 1.29 is 23.9 Å². The number of fused-ring (bicyclic) bond motifs is 2. The number of hydrogen-bond donors (Lipinski definition) is 2. The molecule has 0 spiro atoms. The summed E-state index contributed by atoms with van der Waals surface area (Å²) in [5, 5.41) is 6.03. The summed E-state index contributed by atoms with van der Waals surface area (Å²) in [5.41, 5.74) is 3.41. The number of benzene rings is 2. The SMILES string of the molecule is CCCCCCCCCCCCCCCCCC(=O)N[C@H](C(=O)NCCCCCCOC(=O)N1c2ccc(N(CC)CC)cc2Oc2cc(N(CC)CC)ccc21)C(C)C. The third kappa shape index (κ3) is 17.2. The molecule has 0 unspecified atom stereocenters. The molecule has 0 aliphatic carbocycles. The van der Waals surface area contributed by atoms with E-state index < -0.39 is 12.1 Å². The van der Waals surface area contributed by atoms with Crippen LogP contribution in [0, 0.1) is 5.92 Å². The van der Waals surface area contributed by atoms with Crippen LogP contribution in [0.1, 0.15) is 177 Å². The van der Waals surface area contributed by atoms with Gasteiger partial charge in [0.15, 0.2) is 11.5 Å². The summed E-state index contributed by atoms with van der Waals surface area (Å²) in [6.07, 6.45) is 22.7. The molecular formula is C50H83N5O5. The Morgan fingerprint density at radius 1 is 0.617 bits per heavy atom. The van der Waals surface area contributed by atoms with Crippen LogP contribution in [0.25, 0.3) is 0 Å². The summed E-state index contributed by atoms with van der Waals surface area (Å²) in [4.78, 5) is 45.6. The standard InChI is InChI=1S/C50H83N5O5/c1-8-13-14-15-16-17-18-19-20-21-22-23-24-25-28-31-47(56)52-48(40(6)7)49(57)51-36-29-26-27-30-37-59-50(58)55-43-34-32-41(53(9-2)10-3)38-45(43)60-46-39-42(33-35-44(46)55)54(11-4)12-5/h32-35,38-40,48H,8-31,36-37H2,1-7H3,(H,51,57)(H,52,56)/t48-/m0/s1. The lowest BCUT2D eigenvalue weighted by Crippen LogP contribution is -2.49. The van der Waals surface area contributed by atoms with E-state index in [1.54, 1.807) is 4.90 Å². The van der Waals surface area contributed by atoms with E-state index in [0.29, 0.717) is 42.4 Å². The van der Waals surface area contributed by atoms with Crippen LogP contribution in [0.15, 0.2) is 36.4 Å². The van der Waals surface area contributed by atoms with E-state index in [1.807, 2.05) is 50.2 Å². The number of rotatable bonds is 32. The second-order valence-electron chi connectivity index (χ2n) is 16.9. The fourth-order valence-electron chi connectivity index (χ4n) is 8.12. The lowest BCUT2D eigenvalue weighted by molar-refractivity contribution is -0.130. The maximum absolute atomic E-state index is 13.7. The van der Waals surface area contributed by atoms with Crippen molar-refractivity contribution in [3.63, 3.8) is 0 Å². The van der Waals surface area contributed by atoms with Gasteiger partial charge in [-0.3, -0.25) is 9.59 Å². The van der Waals surface area contributed by atoms with Gasteiger partial charge in [-0.05, 0) is 83.6 Å². The van der Waals surface area contributed by atoms with Crippen LogP contribution in [0.5, 0.6) is 11.5 Å². The number of ether oxygens (including phenoxy) is 2. The molecule has 0 bridgehead atoms. The van der Waals surface area contributed by atoms with Crippen LogP contribution < -0.4 is 30.1 Å². The van der Waals surface area contributed by atoms with E-state index in [4.69, 9.17) is 9.47 Å². The highest BCUT2D eigenvalue weighted by Gasteiger charge is 2.32. The fraction of sp³-hybridized carbons (Fsp3) is 0.700. The summed E-state index contributed by atoms with van der Waals surface area (Å²) in [6.45, 7) is 19.0. The molecule has 338 valence electrons. The van der Waals surface area contributed by atoms with E-state index in [-0.39, 0.29) is 17.7 Å². The van der Waals surface area contributed by atoms with Crippen molar-refractivity contribution in [2.24, 2.45) is 5.92 Å². The molecule has 1 aliphatic heterocycles. The van der Waals surface area contributed by atoms with Gasteiger partial charge >= 0.3 is 6.09 Å². The van der Waals surface area contributed by atoms with Gasteiger partial charge in [-0.2, -0.15) is 0 Å². The van der Waals surface area contributed by atoms with Gasteiger partial charge in [0.25, 0.3) is 0 Å². The van der Waals surface area contributed by atoms with E-state index >= 15 is 0 Å². The second kappa shape index (κ2) is 29.3. The molecule has 2 N–H and O–H groups in total. The first kappa shape index (κ1) is 50.4. The predicted molar refractivity (Wildman–Crippen MR) is 251 cm³/mol. The number of carbonyl (C=O) groups excluding carboxylic acids is 3. The zero-order valence-electron chi connectivity index (χ0n) is 38.9. The lowest BCUT2D eigenvalue weighted by Gasteiger charge is -2.33. The van der Waals surface area contributed by atoms with Crippen molar-refractivity contribution in [1.29, 1.82) is 0 Å². The average Bonchev–Trinajstić information content (AvgIpc) is 3.24. The molecule has 1 aliphatic rings. The first-order valence-electron chi connectivity index (χ1n) is 24.2. The van der Waals surface area contributed by atoms with E-state index in [9.17, 15) is 14.4 Å². The van der Waals surface area contributed by atoms with E-state index in [0.717, 1.165) is 76.1 Å². The molecule has 1 atom stereocenters. The first-order valence-corrected chi connectivity index (χ1v) is 24.2. The summed E-state index contributed by atoms with van der Waals surface area (Å²) in [7, 11) is 0. The van der Waals surface area contributed by atoms with Crippen molar-refractivity contribution in [1.82, 2.24) is 10.6 Å². The largest absolute Gasteiger partial charge is 0.453 e. The van der Waals surface area contributed by atoms with Crippen molar-refractivity contribution in [3.05, 3.63) is 36.4 Å². The first-order chi connectivity index (χ1) is 29.2. The molecule has 0 aromatic heterocycles. The van der Waals surface area contributed by atoms with Gasteiger partial charge in [0, 0.05) is 62.7 Å². The Bertz CT molecular complexity index is 1460. The third-order valence-corrected chi connectivity index (χ3v) is 11.9. The molecule has 0 radical (unpaired) electrons. The average molecular weight is 834 g/mol. The Morgan fingerprint density at radius 2 is 1.07 bits per heavy atom. The number of amides is 3. The van der Waals surface area contributed by atoms with Crippen molar-refractivity contribution in [2.75, 3.05) is 54.0 Å².